The second kappa shape index (κ2) is 5.77. The van der Waals surface area contributed by atoms with Crippen molar-refractivity contribution in [2.45, 2.75) is 18.8 Å². The third kappa shape index (κ3) is 2.76. The Morgan fingerprint density at radius 3 is 3.17 bits per heavy atom. The Hall–Kier alpha value is -1.69. The van der Waals surface area contributed by atoms with E-state index in [9.17, 15) is 4.79 Å². The zero-order chi connectivity index (χ0) is 13.0. The Labute approximate surface area is 107 Å². The van der Waals surface area contributed by atoms with Crippen molar-refractivity contribution < 1.29 is 4.79 Å². The average molecular weight is 249 g/mol. The molecule has 1 fully saturated rings. The van der Waals surface area contributed by atoms with Gasteiger partial charge in [-0.2, -0.15) is 0 Å². The fourth-order valence-electron chi connectivity index (χ4n) is 2.27. The molecule has 1 aromatic rings. The molecule has 0 aromatic carbocycles. The highest BCUT2D eigenvalue weighted by atomic mass is 16.2. The van der Waals surface area contributed by atoms with Gasteiger partial charge in [0.25, 0.3) is 0 Å². The second-order valence-corrected chi connectivity index (χ2v) is 4.46. The maximum absolute atomic E-state index is 11.6. The smallest absolute Gasteiger partial charge is 0.236 e. The van der Waals surface area contributed by atoms with Crippen molar-refractivity contribution in [2.24, 2.45) is 5.73 Å². The van der Waals surface area contributed by atoms with Crippen molar-refractivity contribution in [3.05, 3.63) is 18.1 Å². The lowest BCUT2D eigenvalue weighted by atomic mass is 9.95. The van der Waals surface area contributed by atoms with E-state index in [0.717, 1.165) is 30.9 Å². The van der Waals surface area contributed by atoms with Crippen LogP contribution in [-0.4, -0.2) is 47.5 Å². The molecule has 0 bridgehead atoms. The van der Waals surface area contributed by atoms with Gasteiger partial charge in [0, 0.05) is 32.3 Å². The third-order valence-corrected chi connectivity index (χ3v) is 3.28. The number of nitrogens with one attached hydrogen (secondary N) is 1. The van der Waals surface area contributed by atoms with Crippen molar-refractivity contribution in [3.63, 3.8) is 0 Å². The van der Waals surface area contributed by atoms with Gasteiger partial charge in [0.15, 0.2) is 0 Å². The minimum Gasteiger partial charge on any atom is -0.372 e. The number of hydrogen-bond acceptors (Lipinski definition) is 5. The standard InChI is InChI=1S/C12H19N5O/c1-14-11-7-15-6-10(16-11)9-3-2-4-17(8-9)12(18)5-13/h6-7,9H,2-5,8,13H2,1H3,(H,14,16). The molecule has 0 aliphatic carbocycles. The first-order valence-electron chi connectivity index (χ1n) is 6.22. The number of amides is 1. The van der Waals surface area contributed by atoms with Crippen LogP contribution in [0.5, 0.6) is 0 Å². The summed E-state index contributed by atoms with van der Waals surface area (Å²) in [7, 11) is 1.82. The molecule has 2 rings (SSSR count). The molecule has 6 nitrogen and oxygen atoms in total. The fourth-order valence-corrected chi connectivity index (χ4v) is 2.27. The lowest BCUT2D eigenvalue weighted by molar-refractivity contribution is -0.130. The van der Waals surface area contributed by atoms with Crippen LogP contribution in [0, 0.1) is 0 Å². The summed E-state index contributed by atoms with van der Waals surface area (Å²) in [5.74, 6) is 1.03. The molecular weight excluding hydrogens is 230 g/mol. The second-order valence-electron chi connectivity index (χ2n) is 4.46. The van der Waals surface area contributed by atoms with Crippen molar-refractivity contribution in [1.29, 1.82) is 0 Å². The molecule has 0 spiro atoms. The zero-order valence-corrected chi connectivity index (χ0v) is 10.6. The Bertz CT molecular complexity index is 423. The van der Waals surface area contributed by atoms with E-state index in [1.54, 1.807) is 12.4 Å². The summed E-state index contributed by atoms with van der Waals surface area (Å²) in [6.45, 7) is 1.57. The van der Waals surface area contributed by atoms with Crippen LogP contribution in [0.1, 0.15) is 24.5 Å². The van der Waals surface area contributed by atoms with Crippen LogP contribution in [0.15, 0.2) is 12.4 Å². The van der Waals surface area contributed by atoms with Crippen molar-refractivity contribution in [3.8, 4) is 0 Å². The van der Waals surface area contributed by atoms with Gasteiger partial charge in [0.1, 0.15) is 5.82 Å². The zero-order valence-electron chi connectivity index (χ0n) is 10.6. The minimum atomic E-state index is 0.0115. The molecule has 0 radical (unpaired) electrons. The summed E-state index contributed by atoms with van der Waals surface area (Å²) in [6.07, 6.45) is 5.50. The number of carbonyl (C=O) groups is 1. The molecule has 1 aliphatic rings. The first-order chi connectivity index (χ1) is 8.74. The Morgan fingerprint density at radius 1 is 1.61 bits per heavy atom. The van der Waals surface area contributed by atoms with Crippen LogP contribution in [0.4, 0.5) is 5.82 Å². The summed E-state index contributed by atoms with van der Waals surface area (Å²) in [6, 6.07) is 0. The number of carbonyl (C=O) groups excluding carboxylic acids is 1. The van der Waals surface area contributed by atoms with E-state index in [1.165, 1.54) is 0 Å². The van der Waals surface area contributed by atoms with Gasteiger partial charge >= 0.3 is 0 Å². The molecule has 0 saturated carbocycles. The maximum atomic E-state index is 11.6. The summed E-state index contributed by atoms with van der Waals surface area (Å²) >= 11 is 0. The number of anilines is 1. The van der Waals surface area contributed by atoms with Gasteiger partial charge < -0.3 is 16.0 Å². The molecule has 18 heavy (non-hydrogen) atoms. The molecule has 1 amide bonds. The topological polar surface area (TPSA) is 84.1 Å². The predicted molar refractivity (Wildman–Crippen MR) is 69.2 cm³/mol. The van der Waals surface area contributed by atoms with Crippen molar-refractivity contribution in [2.75, 3.05) is 32.0 Å². The van der Waals surface area contributed by atoms with Crippen LogP contribution >= 0.6 is 0 Å². The number of nitrogens with two attached hydrogens (primary N) is 1. The van der Waals surface area contributed by atoms with Gasteiger partial charge in [0.05, 0.1) is 18.4 Å². The van der Waals surface area contributed by atoms with Crippen molar-refractivity contribution in [1.82, 2.24) is 14.9 Å². The summed E-state index contributed by atoms with van der Waals surface area (Å²) in [4.78, 5) is 22.1. The van der Waals surface area contributed by atoms with Gasteiger partial charge in [-0.1, -0.05) is 0 Å². The third-order valence-electron chi connectivity index (χ3n) is 3.28. The highest BCUT2D eigenvalue weighted by Crippen LogP contribution is 2.25. The lowest BCUT2D eigenvalue weighted by Crippen LogP contribution is -2.42. The van der Waals surface area contributed by atoms with Crippen LogP contribution < -0.4 is 11.1 Å². The number of hydrogen-bond donors (Lipinski definition) is 2. The lowest BCUT2D eigenvalue weighted by Gasteiger charge is -2.32. The number of piperidine rings is 1. The van der Waals surface area contributed by atoms with Crippen LogP contribution in [0.2, 0.25) is 0 Å². The maximum Gasteiger partial charge on any atom is 0.236 e. The summed E-state index contributed by atoms with van der Waals surface area (Å²) < 4.78 is 0. The molecule has 1 aliphatic heterocycles. The monoisotopic (exact) mass is 249 g/mol. The predicted octanol–water partition coefficient (Wildman–Crippen LogP) is 0.183. The van der Waals surface area contributed by atoms with Crippen molar-refractivity contribution >= 4 is 11.7 Å². The first-order valence-corrected chi connectivity index (χ1v) is 6.22. The number of likely N-dealkylation sites (tertiary alicyclic amines) is 1. The van der Waals surface area contributed by atoms with Gasteiger partial charge in [-0.25, -0.2) is 4.98 Å². The largest absolute Gasteiger partial charge is 0.372 e. The Morgan fingerprint density at radius 2 is 2.44 bits per heavy atom. The number of rotatable bonds is 3. The van der Waals surface area contributed by atoms with Gasteiger partial charge in [-0.05, 0) is 12.8 Å². The average Bonchev–Trinajstić information content (AvgIpc) is 2.46. The Kier molecular flexibility index (Phi) is 4.09. The molecule has 2 heterocycles. The van der Waals surface area contributed by atoms with Crippen LogP contribution in [-0.2, 0) is 4.79 Å². The number of aromatic nitrogens is 2. The molecule has 1 saturated heterocycles. The van der Waals surface area contributed by atoms with Gasteiger partial charge in [0.2, 0.25) is 5.91 Å². The van der Waals surface area contributed by atoms with E-state index >= 15 is 0 Å². The molecule has 1 atom stereocenters. The quantitative estimate of drug-likeness (QED) is 0.798. The highest BCUT2D eigenvalue weighted by Gasteiger charge is 2.25. The van der Waals surface area contributed by atoms with E-state index in [-0.39, 0.29) is 18.4 Å². The summed E-state index contributed by atoms with van der Waals surface area (Å²) in [5.41, 5.74) is 6.34. The number of nitrogens with zero attached hydrogens (tertiary/aromatic N) is 3. The van der Waals surface area contributed by atoms with Gasteiger partial charge in [-0.3, -0.25) is 9.78 Å². The molecule has 6 heteroatoms. The van der Waals surface area contributed by atoms with Crippen LogP contribution in [0.3, 0.4) is 0 Å². The normalized spacial score (nSPS) is 19.7. The van der Waals surface area contributed by atoms with Crippen LogP contribution in [0.25, 0.3) is 0 Å². The van der Waals surface area contributed by atoms with Gasteiger partial charge in [-0.15, -0.1) is 0 Å². The summed E-state index contributed by atoms with van der Waals surface area (Å²) in [5, 5.41) is 2.98. The molecule has 98 valence electrons. The molecule has 3 N–H and O–H groups in total. The Balaban J connectivity index is 2.10. The molecule has 1 unspecified atom stereocenters. The SMILES string of the molecule is CNc1cncc(C2CCCN(C(=O)CN)C2)n1. The van der Waals surface area contributed by atoms with E-state index in [0.29, 0.717) is 6.54 Å². The highest BCUT2D eigenvalue weighted by molar-refractivity contribution is 5.78. The minimum absolute atomic E-state index is 0.0115. The molecule has 1 aromatic heterocycles. The van der Waals surface area contributed by atoms with E-state index in [1.807, 2.05) is 11.9 Å². The molecular formula is C12H19N5O. The fraction of sp³-hybridized carbons (Fsp3) is 0.583. The van der Waals surface area contributed by atoms with E-state index < -0.39 is 0 Å². The first kappa shape index (κ1) is 12.8. The van der Waals surface area contributed by atoms with E-state index in [4.69, 9.17) is 5.73 Å². The van der Waals surface area contributed by atoms with E-state index in [2.05, 4.69) is 15.3 Å².